The lowest BCUT2D eigenvalue weighted by molar-refractivity contribution is 0.0572. The maximum Gasteiger partial charge on any atom is 0.152 e. The summed E-state index contributed by atoms with van der Waals surface area (Å²) in [4.78, 5) is 6.11. The molecule has 0 saturated carbocycles. The Kier molecular flexibility index (Phi) is 2.50. The average Bonchev–Trinajstić information content (AvgIpc) is 2.51. The molecule has 1 aromatic rings. The second-order valence-corrected chi connectivity index (χ2v) is 3.91. The minimum atomic E-state index is -0.716. The molecule has 5 nitrogen and oxygen atoms in total. The first-order valence-electron chi connectivity index (χ1n) is 4.92. The number of aromatic nitrogens is 1. The zero-order valence-corrected chi connectivity index (χ0v) is 8.59. The SMILES string of the molecule is Cc1ccc(N)c(N2CC(O)C(O)C2)n1. The number of nitrogens with zero attached hydrogens (tertiary/aromatic N) is 2. The van der Waals surface area contributed by atoms with Crippen molar-refractivity contribution in [2.24, 2.45) is 0 Å². The number of aliphatic hydroxyl groups excluding tert-OH is 2. The molecule has 0 bridgehead atoms. The molecule has 0 radical (unpaired) electrons. The normalized spacial score (nSPS) is 25.9. The molecule has 0 spiro atoms. The van der Waals surface area contributed by atoms with Crippen molar-refractivity contribution in [3.05, 3.63) is 17.8 Å². The van der Waals surface area contributed by atoms with Gasteiger partial charge < -0.3 is 20.8 Å². The second kappa shape index (κ2) is 3.67. The molecule has 2 heterocycles. The van der Waals surface area contributed by atoms with Gasteiger partial charge in [0.25, 0.3) is 0 Å². The smallest absolute Gasteiger partial charge is 0.152 e. The van der Waals surface area contributed by atoms with Gasteiger partial charge >= 0.3 is 0 Å². The van der Waals surface area contributed by atoms with E-state index in [0.29, 0.717) is 24.6 Å². The van der Waals surface area contributed by atoms with Gasteiger partial charge in [0, 0.05) is 18.8 Å². The molecule has 2 atom stereocenters. The van der Waals surface area contributed by atoms with E-state index in [4.69, 9.17) is 5.73 Å². The molecule has 4 N–H and O–H groups in total. The Bertz CT molecular complexity index is 360. The number of pyridine rings is 1. The fraction of sp³-hybridized carbons (Fsp3) is 0.500. The van der Waals surface area contributed by atoms with Crippen LogP contribution in [0, 0.1) is 6.92 Å². The van der Waals surface area contributed by atoms with E-state index in [1.165, 1.54) is 0 Å². The van der Waals surface area contributed by atoms with Crippen molar-refractivity contribution in [3.8, 4) is 0 Å². The summed E-state index contributed by atoms with van der Waals surface area (Å²) in [5.41, 5.74) is 7.23. The highest BCUT2D eigenvalue weighted by molar-refractivity contribution is 5.63. The van der Waals surface area contributed by atoms with Crippen LogP contribution in [0.3, 0.4) is 0 Å². The van der Waals surface area contributed by atoms with Gasteiger partial charge in [0.05, 0.1) is 17.9 Å². The van der Waals surface area contributed by atoms with Crippen molar-refractivity contribution in [2.45, 2.75) is 19.1 Å². The van der Waals surface area contributed by atoms with Crippen LogP contribution in [0.15, 0.2) is 12.1 Å². The van der Waals surface area contributed by atoms with Crippen LogP contribution in [0.1, 0.15) is 5.69 Å². The Morgan fingerprint density at radius 1 is 1.33 bits per heavy atom. The van der Waals surface area contributed by atoms with Gasteiger partial charge in [-0.05, 0) is 19.1 Å². The van der Waals surface area contributed by atoms with E-state index in [-0.39, 0.29) is 0 Å². The number of aryl methyl sites for hydroxylation is 1. The van der Waals surface area contributed by atoms with Crippen molar-refractivity contribution in [3.63, 3.8) is 0 Å². The van der Waals surface area contributed by atoms with E-state index in [9.17, 15) is 10.2 Å². The van der Waals surface area contributed by atoms with E-state index in [1.807, 2.05) is 13.0 Å². The van der Waals surface area contributed by atoms with Gasteiger partial charge in [-0.15, -0.1) is 0 Å². The lowest BCUT2D eigenvalue weighted by Gasteiger charge is -2.18. The number of aliphatic hydroxyl groups is 2. The van der Waals surface area contributed by atoms with Crippen LogP contribution in [0.25, 0.3) is 0 Å². The average molecular weight is 209 g/mol. The topological polar surface area (TPSA) is 82.6 Å². The summed E-state index contributed by atoms with van der Waals surface area (Å²) in [5.74, 6) is 0.644. The zero-order chi connectivity index (χ0) is 11.0. The van der Waals surface area contributed by atoms with Gasteiger partial charge in [0.15, 0.2) is 5.82 Å². The van der Waals surface area contributed by atoms with Gasteiger partial charge in [-0.3, -0.25) is 0 Å². The summed E-state index contributed by atoms with van der Waals surface area (Å²) in [6.07, 6.45) is -1.43. The maximum atomic E-state index is 9.43. The number of rotatable bonds is 1. The first kappa shape index (κ1) is 10.2. The Hall–Kier alpha value is -1.33. The molecule has 0 aromatic carbocycles. The summed E-state index contributed by atoms with van der Waals surface area (Å²) < 4.78 is 0. The number of hydrogen-bond donors (Lipinski definition) is 3. The molecule has 0 aliphatic carbocycles. The first-order chi connectivity index (χ1) is 7.08. The van der Waals surface area contributed by atoms with E-state index in [0.717, 1.165) is 5.69 Å². The predicted octanol–water partition coefficient (Wildman–Crippen LogP) is -0.486. The number of hydrogen-bond acceptors (Lipinski definition) is 5. The van der Waals surface area contributed by atoms with Crippen molar-refractivity contribution >= 4 is 11.5 Å². The Morgan fingerprint density at radius 2 is 1.93 bits per heavy atom. The zero-order valence-electron chi connectivity index (χ0n) is 8.59. The summed E-state index contributed by atoms with van der Waals surface area (Å²) in [6.45, 7) is 2.63. The number of nitrogens with two attached hydrogens (primary N) is 1. The molecule has 1 saturated heterocycles. The minimum absolute atomic E-state index is 0.377. The fourth-order valence-electron chi connectivity index (χ4n) is 1.75. The molecule has 5 heteroatoms. The third-order valence-corrected chi connectivity index (χ3v) is 2.60. The standard InChI is InChI=1S/C10H15N3O2/c1-6-2-3-7(11)10(12-6)13-4-8(14)9(15)5-13/h2-3,8-9,14-15H,4-5,11H2,1H3. The van der Waals surface area contributed by atoms with Gasteiger partial charge in [-0.1, -0.05) is 0 Å². The Morgan fingerprint density at radius 3 is 2.53 bits per heavy atom. The highest BCUT2D eigenvalue weighted by Crippen LogP contribution is 2.24. The molecule has 1 aliphatic rings. The lowest BCUT2D eigenvalue weighted by atomic mass is 10.3. The highest BCUT2D eigenvalue weighted by Gasteiger charge is 2.31. The predicted molar refractivity (Wildman–Crippen MR) is 57.6 cm³/mol. The highest BCUT2D eigenvalue weighted by atomic mass is 16.3. The van der Waals surface area contributed by atoms with E-state index in [2.05, 4.69) is 4.98 Å². The van der Waals surface area contributed by atoms with Crippen molar-refractivity contribution in [1.82, 2.24) is 4.98 Å². The molecule has 82 valence electrons. The molecule has 15 heavy (non-hydrogen) atoms. The summed E-state index contributed by atoms with van der Waals surface area (Å²) in [5, 5.41) is 18.9. The summed E-state index contributed by atoms with van der Waals surface area (Å²) in [6, 6.07) is 3.62. The van der Waals surface area contributed by atoms with Gasteiger partial charge in [-0.25, -0.2) is 4.98 Å². The van der Waals surface area contributed by atoms with Crippen LogP contribution < -0.4 is 10.6 Å². The van der Waals surface area contributed by atoms with Crippen LogP contribution in [0.5, 0.6) is 0 Å². The number of β-amino-alcohol motifs (C(OH)–C–C–N with tert-alkyl or cyclic N) is 2. The maximum absolute atomic E-state index is 9.43. The molecular formula is C10H15N3O2. The summed E-state index contributed by atoms with van der Waals surface area (Å²) in [7, 11) is 0. The molecule has 1 fully saturated rings. The second-order valence-electron chi connectivity index (χ2n) is 3.91. The Labute approximate surface area is 88.2 Å². The minimum Gasteiger partial charge on any atom is -0.396 e. The van der Waals surface area contributed by atoms with Gasteiger partial charge in [-0.2, -0.15) is 0 Å². The largest absolute Gasteiger partial charge is 0.396 e. The molecule has 1 aromatic heterocycles. The molecule has 0 amide bonds. The van der Waals surface area contributed by atoms with Crippen molar-refractivity contribution in [1.29, 1.82) is 0 Å². The van der Waals surface area contributed by atoms with Crippen LogP contribution in [0.4, 0.5) is 11.5 Å². The molecular weight excluding hydrogens is 194 g/mol. The van der Waals surface area contributed by atoms with Crippen molar-refractivity contribution in [2.75, 3.05) is 23.7 Å². The molecule has 2 rings (SSSR count). The van der Waals surface area contributed by atoms with Crippen molar-refractivity contribution < 1.29 is 10.2 Å². The van der Waals surface area contributed by atoms with E-state index in [1.54, 1.807) is 11.0 Å². The molecule has 1 aliphatic heterocycles. The quantitative estimate of drug-likeness (QED) is 0.581. The molecule has 2 unspecified atom stereocenters. The lowest BCUT2D eigenvalue weighted by Crippen LogP contribution is -2.23. The fourth-order valence-corrected chi connectivity index (χ4v) is 1.75. The van der Waals surface area contributed by atoms with Gasteiger partial charge in [0.1, 0.15) is 0 Å². The van der Waals surface area contributed by atoms with Crippen LogP contribution in [-0.2, 0) is 0 Å². The number of nitrogen functional groups attached to an aromatic ring is 1. The third kappa shape index (κ3) is 1.88. The van der Waals surface area contributed by atoms with E-state index < -0.39 is 12.2 Å². The van der Waals surface area contributed by atoms with Crippen LogP contribution in [0.2, 0.25) is 0 Å². The van der Waals surface area contributed by atoms with E-state index >= 15 is 0 Å². The monoisotopic (exact) mass is 209 g/mol. The van der Waals surface area contributed by atoms with Crippen LogP contribution >= 0.6 is 0 Å². The van der Waals surface area contributed by atoms with Gasteiger partial charge in [0.2, 0.25) is 0 Å². The summed E-state index contributed by atoms with van der Waals surface area (Å²) >= 11 is 0. The third-order valence-electron chi connectivity index (χ3n) is 2.60. The number of anilines is 2. The first-order valence-corrected chi connectivity index (χ1v) is 4.92. The Balaban J connectivity index is 2.27. The van der Waals surface area contributed by atoms with Crippen LogP contribution in [-0.4, -0.2) is 40.5 Å².